The highest BCUT2D eigenvalue weighted by molar-refractivity contribution is 7.89. The highest BCUT2D eigenvalue weighted by Gasteiger charge is 2.48. The minimum atomic E-state index is -3.45. The van der Waals surface area contributed by atoms with E-state index in [0.29, 0.717) is 19.5 Å². The molecule has 0 spiro atoms. The third kappa shape index (κ3) is 4.01. The lowest BCUT2D eigenvalue weighted by molar-refractivity contribution is -0.140. The van der Waals surface area contributed by atoms with E-state index in [1.165, 1.54) is 4.31 Å². The average molecular weight is 366 g/mol. The van der Waals surface area contributed by atoms with Gasteiger partial charge in [0.05, 0.1) is 16.7 Å². The van der Waals surface area contributed by atoms with Crippen molar-refractivity contribution < 1.29 is 23.1 Å². The monoisotopic (exact) mass is 366 g/mol. The van der Waals surface area contributed by atoms with E-state index in [1.807, 2.05) is 0 Å². The van der Waals surface area contributed by atoms with Gasteiger partial charge in [0.2, 0.25) is 15.9 Å². The van der Waals surface area contributed by atoms with Crippen LogP contribution < -0.4 is 5.32 Å². The van der Waals surface area contributed by atoms with Gasteiger partial charge in [0, 0.05) is 19.6 Å². The molecule has 2 unspecified atom stereocenters. The first-order valence-electron chi connectivity index (χ1n) is 8.49. The number of carboxylic acid groups (broad SMARTS) is 1. The summed E-state index contributed by atoms with van der Waals surface area (Å²) in [6.45, 7) is 1.38. The van der Waals surface area contributed by atoms with Gasteiger partial charge in [-0.15, -0.1) is 0 Å². The molecule has 1 saturated carbocycles. The molecule has 1 saturated heterocycles. The summed E-state index contributed by atoms with van der Waals surface area (Å²) in [7, 11) is -3.45. The van der Waals surface area contributed by atoms with Crippen molar-refractivity contribution in [3.8, 4) is 0 Å². The van der Waals surface area contributed by atoms with Gasteiger partial charge < -0.3 is 10.4 Å². The predicted molar refractivity (Wildman–Crippen MR) is 90.1 cm³/mol. The van der Waals surface area contributed by atoms with Gasteiger partial charge >= 0.3 is 5.97 Å². The average Bonchev–Trinajstić information content (AvgIpc) is 3.42. The fourth-order valence-electron chi connectivity index (χ4n) is 3.11. The number of hydrogen-bond donors (Lipinski definition) is 2. The summed E-state index contributed by atoms with van der Waals surface area (Å²) >= 11 is 0. The summed E-state index contributed by atoms with van der Waals surface area (Å²) in [6.07, 6.45) is 3.23. The van der Waals surface area contributed by atoms with Crippen LogP contribution in [-0.2, 0) is 26.2 Å². The lowest BCUT2D eigenvalue weighted by Crippen LogP contribution is -2.35. The number of aliphatic carboxylic acids is 1. The summed E-state index contributed by atoms with van der Waals surface area (Å²) in [4.78, 5) is 22.9. The Morgan fingerprint density at radius 2 is 1.72 bits per heavy atom. The van der Waals surface area contributed by atoms with Crippen LogP contribution in [0.5, 0.6) is 0 Å². The molecule has 1 heterocycles. The van der Waals surface area contributed by atoms with Gasteiger partial charge in [0.15, 0.2) is 0 Å². The first-order chi connectivity index (χ1) is 11.9. The number of carbonyl (C=O) groups excluding carboxylic acids is 1. The molecule has 0 aromatic heterocycles. The van der Waals surface area contributed by atoms with Gasteiger partial charge in [0.25, 0.3) is 0 Å². The molecular weight excluding hydrogens is 344 g/mol. The standard InChI is InChI=1S/C17H22N2O5S/c20-16(14-10-15(14)17(21)22)18-11-12-4-6-13(7-5-12)25(23,24)19-8-2-1-3-9-19/h4-7,14-15H,1-3,8-11H2,(H,18,20)(H,21,22). The number of nitrogens with one attached hydrogen (secondary N) is 1. The van der Waals surface area contributed by atoms with E-state index in [0.717, 1.165) is 24.8 Å². The number of sulfonamides is 1. The highest BCUT2D eigenvalue weighted by atomic mass is 32.2. The van der Waals surface area contributed by atoms with E-state index < -0.39 is 27.8 Å². The van der Waals surface area contributed by atoms with Crippen LogP contribution in [0.2, 0.25) is 0 Å². The van der Waals surface area contributed by atoms with Gasteiger partial charge in [-0.05, 0) is 37.0 Å². The molecule has 2 fully saturated rings. The quantitative estimate of drug-likeness (QED) is 0.787. The Morgan fingerprint density at radius 1 is 1.08 bits per heavy atom. The number of piperidine rings is 1. The molecule has 1 aromatic carbocycles. The van der Waals surface area contributed by atoms with E-state index >= 15 is 0 Å². The second-order valence-electron chi connectivity index (χ2n) is 6.61. The lowest BCUT2D eigenvalue weighted by Gasteiger charge is -2.25. The maximum absolute atomic E-state index is 12.6. The van der Waals surface area contributed by atoms with E-state index in [-0.39, 0.29) is 17.3 Å². The normalized spacial score (nSPS) is 23.8. The molecule has 8 heteroatoms. The Balaban J connectivity index is 1.57. The smallest absolute Gasteiger partial charge is 0.307 e. The Morgan fingerprint density at radius 3 is 2.28 bits per heavy atom. The van der Waals surface area contributed by atoms with E-state index in [9.17, 15) is 18.0 Å². The number of rotatable bonds is 6. The molecule has 3 rings (SSSR count). The van der Waals surface area contributed by atoms with Crippen LogP contribution in [0.3, 0.4) is 0 Å². The predicted octanol–water partition coefficient (Wildman–Crippen LogP) is 1.20. The summed E-state index contributed by atoms with van der Waals surface area (Å²) in [6, 6.07) is 6.47. The topological polar surface area (TPSA) is 104 Å². The van der Waals surface area contributed by atoms with Crippen LogP contribution >= 0.6 is 0 Å². The molecule has 7 nitrogen and oxygen atoms in total. The number of carbonyl (C=O) groups is 2. The number of amides is 1. The van der Waals surface area contributed by atoms with Crippen molar-refractivity contribution >= 4 is 21.9 Å². The SMILES string of the molecule is O=C(O)C1CC1C(=O)NCc1ccc(S(=O)(=O)N2CCCCC2)cc1. The van der Waals surface area contributed by atoms with Crippen molar-refractivity contribution in [1.82, 2.24) is 9.62 Å². The Bertz CT molecular complexity index is 754. The Hall–Kier alpha value is -1.93. The number of hydrogen-bond acceptors (Lipinski definition) is 4. The van der Waals surface area contributed by atoms with Gasteiger partial charge in [-0.1, -0.05) is 18.6 Å². The van der Waals surface area contributed by atoms with Gasteiger partial charge in [-0.25, -0.2) is 8.42 Å². The minimum absolute atomic E-state index is 0.256. The summed E-state index contributed by atoms with van der Waals surface area (Å²) in [5.41, 5.74) is 0.776. The van der Waals surface area contributed by atoms with Crippen LogP contribution in [0.4, 0.5) is 0 Å². The molecule has 1 aliphatic heterocycles. The van der Waals surface area contributed by atoms with Crippen molar-refractivity contribution in [2.75, 3.05) is 13.1 Å². The molecule has 2 N–H and O–H groups in total. The van der Waals surface area contributed by atoms with Gasteiger partial charge in [0.1, 0.15) is 0 Å². The molecule has 136 valence electrons. The van der Waals surface area contributed by atoms with Gasteiger partial charge in [-0.3, -0.25) is 9.59 Å². The second kappa shape index (κ2) is 7.13. The van der Waals surface area contributed by atoms with Crippen molar-refractivity contribution in [2.45, 2.75) is 37.1 Å². The molecule has 0 radical (unpaired) electrons. The third-order valence-corrected chi connectivity index (χ3v) is 6.70. The van der Waals surface area contributed by atoms with Crippen LogP contribution in [0.15, 0.2) is 29.2 Å². The number of benzene rings is 1. The van der Waals surface area contributed by atoms with Crippen molar-refractivity contribution in [2.24, 2.45) is 11.8 Å². The van der Waals surface area contributed by atoms with E-state index in [2.05, 4.69) is 5.32 Å². The van der Waals surface area contributed by atoms with E-state index in [4.69, 9.17) is 5.11 Å². The molecule has 1 aromatic rings. The molecule has 0 bridgehead atoms. The first kappa shape index (κ1) is 17.9. The first-order valence-corrected chi connectivity index (χ1v) is 9.93. The molecule has 1 aliphatic carbocycles. The second-order valence-corrected chi connectivity index (χ2v) is 8.55. The summed E-state index contributed by atoms with van der Waals surface area (Å²) < 4.78 is 26.6. The van der Waals surface area contributed by atoms with Gasteiger partial charge in [-0.2, -0.15) is 4.31 Å². The zero-order chi connectivity index (χ0) is 18.0. The zero-order valence-corrected chi connectivity index (χ0v) is 14.7. The van der Waals surface area contributed by atoms with Crippen LogP contribution in [-0.4, -0.2) is 42.8 Å². The summed E-state index contributed by atoms with van der Waals surface area (Å²) in [5.74, 6) is -2.22. The molecule has 25 heavy (non-hydrogen) atoms. The van der Waals surface area contributed by atoms with Crippen molar-refractivity contribution in [3.05, 3.63) is 29.8 Å². The molecule has 2 aliphatic rings. The highest BCUT2D eigenvalue weighted by Crippen LogP contribution is 2.38. The van der Waals surface area contributed by atoms with Crippen molar-refractivity contribution in [3.63, 3.8) is 0 Å². The fraction of sp³-hybridized carbons (Fsp3) is 0.529. The molecule has 2 atom stereocenters. The largest absolute Gasteiger partial charge is 0.481 e. The maximum atomic E-state index is 12.6. The summed E-state index contributed by atoms with van der Waals surface area (Å²) in [5, 5.41) is 11.5. The molecule has 1 amide bonds. The fourth-order valence-corrected chi connectivity index (χ4v) is 4.63. The van der Waals surface area contributed by atoms with Crippen molar-refractivity contribution in [1.29, 1.82) is 0 Å². The third-order valence-electron chi connectivity index (χ3n) is 4.79. The maximum Gasteiger partial charge on any atom is 0.307 e. The minimum Gasteiger partial charge on any atom is -0.481 e. The lowest BCUT2D eigenvalue weighted by atomic mass is 10.2. The zero-order valence-electron chi connectivity index (χ0n) is 13.8. The Labute approximate surface area is 147 Å². The number of carboxylic acids is 1. The van der Waals surface area contributed by atoms with Crippen LogP contribution in [0, 0.1) is 11.8 Å². The number of nitrogens with zero attached hydrogens (tertiary/aromatic N) is 1. The molecular formula is C17H22N2O5S. The van der Waals surface area contributed by atoms with Crippen LogP contribution in [0.25, 0.3) is 0 Å². The Kier molecular flexibility index (Phi) is 5.10. The van der Waals surface area contributed by atoms with E-state index in [1.54, 1.807) is 24.3 Å². The van der Waals surface area contributed by atoms with Crippen LogP contribution in [0.1, 0.15) is 31.2 Å².